The van der Waals surface area contributed by atoms with Gasteiger partial charge in [0, 0.05) is 24.7 Å². The fourth-order valence-electron chi connectivity index (χ4n) is 3.64. The summed E-state index contributed by atoms with van der Waals surface area (Å²) < 4.78 is 0. The van der Waals surface area contributed by atoms with E-state index in [0.29, 0.717) is 18.4 Å². The Morgan fingerprint density at radius 3 is 2.50 bits per heavy atom. The van der Waals surface area contributed by atoms with E-state index in [2.05, 4.69) is 0 Å². The van der Waals surface area contributed by atoms with Gasteiger partial charge in [-0.3, -0.25) is 9.59 Å². The quantitative estimate of drug-likeness (QED) is 0.451. The number of ketones is 1. The lowest BCUT2D eigenvalue weighted by Crippen LogP contribution is -2.18. The molecule has 7 heteroatoms. The first-order valence-electron chi connectivity index (χ1n) is 9.46. The van der Waals surface area contributed by atoms with E-state index in [-0.39, 0.29) is 41.8 Å². The number of carbonyl (C=O) groups excluding carboxylic acids is 1. The van der Waals surface area contributed by atoms with E-state index in [1.165, 1.54) is 12.1 Å². The molecule has 1 aliphatic carbocycles. The summed E-state index contributed by atoms with van der Waals surface area (Å²) in [6, 6.07) is 4.21. The third-order valence-corrected chi connectivity index (χ3v) is 5.15. The van der Waals surface area contributed by atoms with Crippen LogP contribution in [-0.4, -0.2) is 44.3 Å². The van der Waals surface area contributed by atoms with Crippen molar-refractivity contribution < 1.29 is 34.8 Å². The summed E-state index contributed by atoms with van der Waals surface area (Å²) in [4.78, 5) is 33.8. The van der Waals surface area contributed by atoms with Crippen LogP contribution in [0.3, 0.4) is 0 Å². The van der Waals surface area contributed by atoms with Crippen molar-refractivity contribution in [3.63, 3.8) is 0 Å². The van der Waals surface area contributed by atoms with Crippen molar-refractivity contribution in [2.24, 2.45) is 11.8 Å². The van der Waals surface area contributed by atoms with Gasteiger partial charge in [0.2, 0.25) is 0 Å². The number of hydrogen-bond acceptors (Lipinski definition) is 5. The van der Waals surface area contributed by atoms with Gasteiger partial charge in [0.15, 0.2) is 0 Å². The highest BCUT2D eigenvalue weighted by atomic mass is 16.4. The number of benzene rings is 1. The smallest absolute Gasteiger partial charge is 0.339 e. The molecular formula is C21H26O7. The van der Waals surface area contributed by atoms with Crippen molar-refractivity contribution >= 4 is 23.8 Å². The zero-order valence-corrected chi connectivity index (χ0v) is 15.6. The lowest BCUT2D eigenvalue weighted by atomic mass is 9.88. The number of aromatic carboxylic acids is 1. The standard InChI is InChI=1S/C21H26O7/c22-17-10-8-13(11-16(17)21(27)28)7-9-15-14(18(23)12-19(15)24)5-3-1-2-4-6-20(25)26/h7-11,14-15,19,22,24H,1-6,12H2,(H,25,26)(H,27,28)/b9-7+. The monoisotopic (exact) mass is 390 g/mol. The minimum absolute atomic E-state index is 0.0182. The fraction of sp³-hybridized carbons (Fsp3) is 0.476. The third-order valence-electron chi connectivity index (χ3n) is 5.15. The summed E-state index contributed by atoms with van der Waals surface area (Å²) in [5.74, 6) is -2.97. The van der Waals surface area contributed by atoms with Gasteiger partial charge in [0.05, 0.1) is 6.10 Å². The molecule has 1 fully saturated rings. The molecule has 0 spiro atoms. The van der Waals surface area contributed by atoms with Crippen LogP contribution in [-0.2, 0) is 9.59 Å². The van der Waals surface area contributed by atoms with Crippen LogP contribution < -0.4 is 0 Å². The topological polar surface area (TPSA) is 132 Å². The van der Waals surface area contributed by atoms with Crippen LogP contribution in [0.1, 0.15) is 60.9 Å². The summed E-state index contributed by atoms with van der Waals surface area (Å²) in [7, 11) is 0. The number of unbranched alkanes of at least 4 members (excludes halogenated alkanes) is 3. The number of hydrogen-bond donors (Lipinski definition) is 4. The van der Waals surface area contributed by atoms with Crippen LogP contribution in [0.15, 0.2) is 24.3 Å². The maximum atomic E-state index is 12.2. The average Bonchev–Trinajstić information content (AvgIpc) is 2.89. The molecule has 4 N–H and O–H groups in total. The number of aromatic hydroxyl groups is 1. The highest BCUT2D eigenvalue weighted by Crippen LogP contribution is 2.35. The number of phenols is 1. The van der Waals surface area contributed by atoms with E-state index >= 15 is 0 Å². The van der Waals surface area contributed by atoms with Gasteiger partial charge in [-0.2, -0.15) is 0 Å². The van der Waals surface area contributed by atoms with Gasteiger partial charge in [-0.15, -0.1) is 0 Å². The number of aliphatic hydroxyl groups excluding tert-OH is 1. The van der Waals surface area contributed by atoms with Crippen molar-refractivity contribution in [2.75, 3.05) is 0 Å². The molecule has 0 radical (unpaired) electrons. The van der Waals surface area contributed by atoms with E-state index in [1.54, 1.807) is 18.2 Å². The highest BCUT2D eigenvalue weighted by molar-refractivity contribution is 5.91. The van der Waals surface area contributed by atoms with E-state index in [9.17, 15) is 24.6 Å². The van der Waals surface area contributed by atoms with Gasteiger partial charge < -0.3 is 20.4 Å². The van der Waals surface area contributed by atoms with Crippen LogP contribution in [0.5, 0.6) is 5.75 Å². The Bertz CT molecular complexity index is 753. The lowest BCUT2D eigenvalue weighted by Gasteiger charge is -2.17. The molecule has 0 amide bonds. The van der Waals surface area contributed by atoms with E-state index in [1.807, 2.05) is 0 Å². The second-order valence-corrected chi connectivity index (χ2v) is 7.21. The van der Waals surface area contributed by atoms with Crippen molar-refractivity contribution in [1.29, 1.82) is 0 Å². The molecule has 1 aliphatic rings. The zero-order chi connectivity index (χ0) is 20.7. The number of aliphatic carboxylic acids is 1. The van der Waals surface area contributed by atoms with Gasteiger partial charge in [-0.05, 0) is 30.5 Å². The Balaban J connectivity index is 1.97. The largest absolute Gasteiger partial charge is 0.507 e. The normalized spacial score (nSPS) is 22.0. The van der Waals surface area contributed by atoms with Crippen molar-refractivity contribution in [2.45, 2.75) is 51.0 Å². The molecule has 0 saturated heterocycles. The van der Waals surface area contributed by atoms with Crippen LogP contribution in [0, 0.1) is 11.8 Å². The molecule has 7 nitrogen and oxygen atoms in total. The predicted octanol–water partition coefficient (Wildman–Crippen LogP) is 3.09. The number of rotatable bonds is 10. The Kier molecular flexibility index (Phi) is 7.75. The molecule has 28 heavy (non-hydrogen) atoms. The molecule has 0 aromatic heterocycles. The van der Waals surface area contributed by atoms with Crippen LogP contribution in [0.25, 0.3) is 6.08 Å². The first-order valence-corrected chi connectivity index (χ1v) is 9.46. The first-order chi connectivity index (χ1) is 13.3. The molecule has 152 valence electrons. The molecule has 0 bridgehead atoms. The van der Waals surface area contributed by atoms with Gasteiger partial charge in [0.25, 0.3) is 0 Å². The molecular weight excluding hydrogens is 364 g/mol. The van der Waals surface area contributed by atoms with Gasteiger partial charge >= 0.3 is 11.9 Å². The highest BCUT2D eigenvalue weighted by Gasteiger charge is 2.39. The Morgan fingerprint density at radius 2 is 1.82 bits per heavy atom. The first kappa shape index (κ1) is 21.6. The van der Waals surface area contributed by atoms with Crippen molar-refractivity contribution in [3.8, 4) is 5.75 Å². The Hall–Kier alpha value is -2.67. The molecule has 1 aromatic carbocycles. The summed E-state index contributed by atoms with van der Waals surface area (Å²) in [6.07, 6.45) is 6.56. The number of aliphatic hydroxyl groups is 1. The summed E-state index contributed by atoms with van der Waals surface area (Å²) in [5, 5.41) is 37.5. The van der Waals surface area contributed by atoms with Crippen LogP contribution in [0.4, 0.5) is 0 Å². The van der Waals surface area contributed by atoms with Gasteiger partial charge in [0.1, 0.15) is 17.1 Å². The summed E-state index contributed by atoms with van der Waals surface area (Å²) in [6.45, 7) is 0. The SMILES string of the molecule is O=C(O)CCCCCCC1C(=O)CC(O)C1/C=C/c1ccc(O)c(C(=O)O)c1. The second-order valence-electron chi connectivity index (χ2n) is 7.21. The van der Waals surface area contributed by atoms with E-state index < -0.39 is 18.0 Å². The molecule has 2 rings (SSSR count). The molecule has 0 heterocycles. The van der Waals surface area contributed by atoms with Gasteiger partial charge in [-0.1, -0.05) is 37.5 Å². The zero-order valence-electron chi connectivity index (χ0n) is 15.6. The van der Waals surface area contributed by atoms with E-state index in [4.69, 9.17) is 10.2 Å². The summed E-state index contributed by atoms with van der Waals surface area (Å²) >= 11 is 0. The maximum absolute atomic E-state index is 12.2. The molecule has 0 aliphatic heterocycles. The fourth-order valence-corrected chi connectivity index (χ4v) is 3.64. The van der Waals surface area contributed by atoms with Crippen molar-refractivity contribution in [3.05, 3.63) is 35.4 Å². The Morgan fingerprint density at radius 1 is 1.11 bits per heavy atom. The average molecular weight is 390 g/mol. The van der Waals surface area contributed by atoms with Gasteiger partial charge in [-0.25, -0.2) is 4.79 Å². The molecule has 3 atom stereocenters. The van der Waals surface area contributed by atoms with E-state index in [0.717, 1.165) is 19.3 Å². The minimum atomic E-state index is -1.23. The Labute approximate surface area is 163 Å². The number of Topliss-reactive ketones (excluding diaryl/α,β-unsaturated/α-hetero) is 1. The second kappa shape index (κ2) is 10.0. The maximum Gasteiger partial charge on any atom is 0.339 e. The lowest BCUT2D eigenvalue weighted by molar-refractivity contribution is -0.137. The summed E-state index contributed by atoms with van der Waals surface area (Å²) in [5.41, 5.74) is 0.359. The number of carboxylic acid groups (broad SMARTS) is 2. The number of carboxylic acids is 2. The number of carbonyl (C=O) groups is 3. The van der Waals surface area contributed by atoms with Crippen LogP contribution in [0.2, 0.25) is 0 Å². The van der Waals surface area contributed by atoms with Crippen molar-refractivity contribution in [1.82, 2.24) is 0 Å². The minimum Gasteiger partial charge on any atom is -0.507 e. The molecule has 1 aromatic rings. The molecule has 1 saturated carbocycles. The predicted molar refractivity (Wildman–Crippen MR) is 102 cm³/mol. The third kappa shape index (κ3) is 5.92. The molecule has 3 unspecified atom stereocenters. The van der Waals surface area contributed by atoms with Crippen LogP contribution >= 0.6 is 0 Å².